The van der Waals surface area contributed by atoms with E-state index in [-0.39, 0.29) is 92.1 Å². The summed E-state index contributed by atoms with van der Waals surface area (Å²) in [6.07, 6.45) is 47.9. The van der Waals surface area contributed by atoms with Crippen LogP contribution in [0, 0.1) is 114 Å². The van der Waals surface area contributed by atoms with Gasteiger partial charge in [0.25, 0.3) is 5.56 Å². The Labute approximate surface area is 694 Å². The minimum absolute atomic E-state index is 0.00300. The van der Waals surface area contributed by atoms with Gasteiger partial charge in [-0.25, -0.2) is 16.4 Å². The number of hydrogen-bond donors (Lipinski definition) is 3. The van der Waals surface area contributed by atoms with Crippen LogP contribution in [-0.2, 0) is 60.6 Å². The molecule has 0 bridgehead atoms. The van der Waals surface area contributed by atoms with Crippen molar-refractivity contribution in [3.05, 3.63) is 68.5 Å². The van der Waals surface area contributed by atoms with Crippen LogP contribution in [-0.4, -0.2) is 98.1 Å². The van der Waals surface area contributed by atoms with Gasteiger partial charge in [-0.2, -0.15) is 9.97 Å². The number of aromatic amines is 1. The van der Waals surface area contributed by atoms with Gasteiger partial charge in [-0.05, 0) is 109 Å². The predicted octanol–water partition coefficient (Wildman–Crippen LogP) is 17.9. The smallest absolute Gasteiger partial charge is 0.351 e. The molecule has 1 aromatic carbocycles. The lowest BCUT2D eigenvalue weighted by molar-refractivity contribution is -0.146. The molecule has 23 nitrogen and oxygen atoms in total. The molecule has 2 amide bonds. The molecule has 3 N–H and O–H groups in total. The molecule has 2 aliphatic rings. The topological polar surface area (TPSA) is 261 Å². The van der Waals surface area contributed by atoms with E-state index in [1.807, 2.05) is 13.8 Å². The molecule has 5 heterocycles. The van der Waals surface area contributed by atoms with Gasteiger partial charge in [0.15, 0.2) is 22.7 Å². The van der Waals surface area contributed by atoms with Crippen LogP contribution in [0.3, 0.4) is 0 Å². The molecule has 0 spiro atoms. The van der Waals surface area contributed by atoms with Crippen molar-refractivity contribution in [2.75, 3.05) is 43.6 Å². The van der Waals surface area contributed by atoms with E-state index in [0.717, 1.165) is 38.5 Å². The summed E-state index contributed by atoms with van der Waals surface area (Å²) in [6, 6.07) is 4.93. The maximum Gasteiger partial charge on any atom is 0.351 e. The van der Waals surface area contributed by atoms with Crippen LogP contribution < -0.4 is 36.1 Å². The van der Waals surface area contributed by atoms with E-state index in [1.54, 1.807) is 30.5 Å². The summed E-state index contributed by atoms with van der Waals surface area (Å²) in [6.45, 7) is 16.1. The number of hydrogen-bond acceptors (Lipinski definition) is 18. The second kappa shape index (κ2) is 57.7. The maximum atomic E-state index is 13.7. The second-order valence-electron chi connectivity index (χ2n) is 29.5. The van der Waals surface area contributed by atoms with Crippen molar-refractivity contribution in [3.8, 4) is 113 Å². The Morgan fingerprint density at radius 2 is 1.16 bits per heavy atom. The molecule has 7 unspecified atom stereocenters. The van der Waals surface area contributed by atoms with E-state index in [0.29, 0.717) is 43.1 Å². The Morgan fingerprint density at radius 3 is 1.70 bits per heavy atom. The number of nitrogens with zero attached hydrogens (tertiary/aromatic N) is 6. The maximum absolute atomic E-state index is 13.7. The summed E-state index contributed by atoms with van der Waals surface area (Å²) in [4.78, 5) is 84.9. The van der Waals surface area contributed by atoms with E-state index in [9.17, 15) is 24.0 Å². The molecule has 2 aliphatic heterocycles. The first kappa shape index (κ1) is 95.5. The number of anilines is 2. The second-order valence-corrected chi connectivity index (χ2v) is 32.5. The monoisotopic (exact) mass is 1630 g/mol. The first-order chi connectivity index (χ1) is 56.6. The summed E-state index contributed by atoms with van der Waals surface area (Å²) in [5.74, 6) is 34.3. The first-order valence-corrected chi connectivity index (χ1v) is 44.7. The van der Waals surface area contributed by atoms with E-state index < -0.39 is 60.6 Å². The fraction of sp³-hybridized carbons (Fsp3) is 0.615. The predicted molar refractivity (Wildman–Crippen MR) is 457 cm³/mol. The lowest BCUT2D eigenvalue weighted by Crippen LogP contribution is -2.29. The molecule has 0 aliphatic carbocycles. The van der Waals surface area contributed by atoms with Crippen molar-refractivity contribution in [2.24, 2.45) is 11.8 Å². The van der Waals surface area contributed by atoms with Gasteiger partial charge in [-0.3, -0.25) is 38.6 Å². The van der Waals surface area contributed by atoms with Gasteiger partial charge in [0.05, 0.1) is 50.9 Å². The van der Waals surface area contributed by atoms with Gasteiger partial charge in [0.2, 0.25) is 30.1 Å². The standard InChI is InChI=1S/C91H120N9O14PS/c1-9-13-16-19-22-25-28-31-34-36-39-42-45-48-51-54-62-107-78-67-74(66-77(106-61-53-50-47-44-41-38-33-30-27-24-21-18-15-11-3)86(78)108-63-55-52-49-46-43-40-37-35-32-29-26-23-20-17-14-10-2)69-109-84(102)57-56-81(101)94-80-58-60-99(91(105)95-80)82-65-73(7)79(113-82)70-111-115(116,110-64-59-92-8)114-76-68-83(112-75(76)12-4)100-71-93-85-87(100)96-90(98-89(85)104)97-88(103)72(5)6/h3,58,60,66-67,71-73,75-76,79,82-83H,9-10,12-14,16-17,19-20,22-23,25-26,28-29,31-32,34-37,39-40,42-43,45-46,48-49,51-52,54-57,59,62-65,68-70H2,1-2,4-7H3,(H,94,95,101,105)(H2,96,97,98,103,104). The average Bonchev–Trinajstić information content (AvgIpc) is 1.62. The van der Waals surface area contributed by atoms with Crippen LogP contribution in [0.5, 0.6) is 17.2 Å². The molecule has 3 aromatic heterocycles. The molecular weight excluding hydrogens is 1510 g/mol. The Balaban J connectivity index is 1.05. The SMILES string of the molecule is [C-]#[N+]CCOP(=S)(OCC1OC(n2ccc(NC(=O)CCC(=O)OCc3cc(OC#CC#CC#CC#CC#CC#CC#CC#C)c(OCCCCCCCCCCCCCCCCCC)c(OCCCCCCCCCCCCCCCCCC)c3)nc2=O)CC1C)OC1CC(n2cnc3c(=O)[nH]c(NC(=O)C(C)C)nc32)OC1CC. The molecule has 6 rings (SSSR count). The number of aromatic nitrogens is 6. The fourth-order valence-corrected chi connectivity index (χ4v) is 15.3. The third-order valence-corrected chi connectivity index (χ3v) is 22.1. The number of unbranched alkanes of at least 4 members (excludes halogenated alkanes) is 30. The Hall–Kier alpha value is -9.32. The van der Waals surface area contributed by atoms with Crippen LogP contribution >= 0.6 is 6.72 Å². The van der Waals surface area contributed by atoms with Gasteiger partial charge in [0, 0.05) is 66.4 Å². The zero-order valence-electron chi connectivity index (χ0n) is 69.2. The molecule has 0 radical (unpaired) electrons. The number of carbonyl (C=O) groups is 3. The van der Waals surface area contributed by atoms with Gasteiger partial charge < -0.3 is 52.2 Å². The largest absolute Gasteiger partial charge is 0.490 e. The molecular formula is C91H120N9O14PS. The summed E-state index contributed by atoms with van der Waals surface area (Å²) in [5, 5.41) is 5.26. The number of esters is 1. The molecule has 116 heavy (non-hydrogen) atoms. The minimum atomic E-state index is -3.61. The van der Waals surface area contributed by atoms with Crippen molar-refractivity contribution in [1.82, 2.24) is 29.1 Å². The highest BCUT2D eigenvalue weighted by molar-refractivity contribution is 8.07. The molecule has 7 atom stereocenters. The van der Waals surface area contributed by atoms with Gasteiger partial charge >= 0.3 is 18.4 Å². The van der Waals surface area contributed by atoms with Crippen molar-refractivity contribution in [3.63, 3.8) is 0 Å². The van der Waals surface area contributed by atoms with Crippen LogP contribution in [0.15, 0.2) is 40.3 Å². The van der Waals surface area contributed by atoms with E-state index >= 15 is 0 Å². The van der Waals surface area contributed by atoms with Crippen molar-refractivity contribution >= 4 is 59.2 Å². The highest BCUT2D eigenvalue weighted by Gasteiger charge is 2.43. The summed E-state index contributed by atoms with van der Waals surface area (Å²) in [5.41, 5.74) is -0.468. The Bertz CT molecular complexity index is 4460. The number of H-pyrrole nitrogens is 1. The van der Waals surface area contributed by atoms with E-state index in [2.05, 4.69) is 138 Å². The third kappa shape index (κ3) is 37.7. The summed E-state index contributed by atoms with van der Waals surface area (Å²) >= 11 is 5.99. The van der Waals surface area contributed by atoms with Gasteiger partial charge in [-0.1, -0.05) is 234 Å². The number of nitrogens with one attached hydrogen (secondary N) is 3. The molecule has 2 fully saturated rings. The lowest BCUT2D eigenvalue weighted by Gasteiger charge is -2.28. The number of benzene rings is 1. The number of carbonyl (C=O) groups excluding carboxylic acids is 3. The molecule has 624 valence electrons. The van der Waals surface area contributed by atoms with Crippen LogP contribution in [0.4, 0.5) is 11.8 Å². The number of ether oxygens (including phenoxy) is 6. The molecule has 25 heteroatoms. The van der Waals surface area contributed by atoms with Crippen LogP contribution in [0.25, 0.3) is 16.0 Å². The van der Waals surface area contributed by atoms with Crippen molar-refractivity contribution in [2.45, 2.75) is 316 Å². The van der Waals surface area contributed by atoms with Crippen molar-refractivity contribution in [1.29, 1.82) is 0 Å². The average molecular weight is 1630 g/mol. The Kier molecular flexibility index (Phi) is 47.5. The Morgan fingerprint density at radius 1 is 0.647 bits per heavy atom. The summed E-state index contributed by atoms with van der Waals surface area (Å²) in [7, 11) is 0. The van der Waals surface area contributed by atoms with Crippen molar-refractivity contribution < 1.29 is 56.4 Å². The quantitative estimate of drug-likeness (QED) is 0.0122. The minimum Gasteiger partial charge on any atom is -0.490 e. The first-order valence-electron chi connectivity index (χ1n) is 42.2. The number of imidazole rings is 1. The third-order valence-electron chi connectivity index (χ3n) is 19.7. The number of amides is 2. The zero-order chi connectivity index (χ0) is 83.1. The molecule has 0 saturated carbocycles. The van der Waals surface area contributed by atoms with Crippen LogP contribution in [0.2, 0.25) is 0 Å². The van der Waals surface area contributed by atoms with E-state index in [4.69, 9.17) is 66.8 Å². The van der Waals surface area contributed by atoms with E-state index in [1.165, 1.54) is 190 Å². The van der Waals surface area contributed by atoms with Gasteiger partial charge in [0.1, 0.15) is 37.6 Å². The molecule has 4 aromatic rings. The number of terminal acetylenes is 1. The summed E-state index contributed by atoms with van der Waals surface area (Å²) < 4.78 is 59.5. The number of fused-ring (bicyclic) bond motifs is 1. The molecule has 2 saturated heterocycles. The fourth-order valence-electron chi connectivity index (χ4n) is 13.2. The zero-order valence-corrected chi connectivity index (χ0v) is 70.9. The lowest BCUT2D eigenvalue weighted by atomic mass is 10.0. The van der Waals surface area contributed by atoms with Crippen LogP contribution in [0.1, 0.15) is 297 Å². The highest BCUT2D eigenvalue weighted by atomic mass is 32.5. The normalized spacial score (nSPS) is 16.2. The number of rotatable bonds is 56. The van der Waals surface area contributed by atoms with Gasteiger partial charge in [-0.15, -0.1) is 6.42 Å². The highest BCUT2D eigenvalue weighted by Crippen LogP contribution is 2.55.